The average Bonchev–Trinajstić information content (AvgIpc) is 2.83. The van der Waals surface area contributed by atoms with Crippen LogP contribution in [0.2, 0.25) is 0 Å². The lowest BCUT2D eigenvalue weighted by Crippen LogP contribution is -2.23. The maximum Gasteiger partial charge on any atom is 0.319 e. The first-order valence-electron chi connectivity index (χ1n) is 13.5. The van der Waals surface area contributed by atoms with Crippen molar-refractivity contribution < 1.29 is 38.1 Å². The van der Waals surface area contributed by atoms with Gasteiger partial charge in [0, 0.05) is 0 Å². The van der Waals surface area contributed by atoms with E-state index in [1.165, 1.54) is 0 Å². The number of esters is 4. The van der Waals surface area contributed by atoms with Gasteiger partial charge in [0.25, 0.3) is 0 Å². The molecule has 0 spiro atoms. The number of thiol groups is 2. The summed E-state index contributed by atoms with van der Waals surface area (Å²) in [6.45, 7) is 9.70. The maximum absolute atomic E-state index is 12.0. The largest absolute Gasteiger partial charge is 0.466 e. The molecule has 37 heavy (non-hydrogen) atoms. The molecule has 0 amide bonds. The zero-order valence-electron chi connectivity index (χ0n) is 23.1. The van der Waals surface area contributed by atoms with Crippen molar-refractivity contribution in [2.24, 2.45) is 5.41 Å². The molecule has 0 radical (unpaired) electrons. The fourth-order valence-corrected chi connectivity index (χ4v) is 3.78. The maximum atomic E-state index is 12.0. The molecule has 0 N–H and O–H groups in total. The van der Waals surface area contributed by atoms with E-state index in [4.69, 9.17) is 18.9 Å². The lowest BCUT2D eigenvalue weighted by molar-refractivity contribution is -0.149. The first kappa shape index (κ1) is 35.6. The van der Waals surface area contributed by atoms with Crippen LogP contribution in [0.25, 0.3) is 0 Å². The van der Waals surface area contributed by atoms with E-state index < -0.39 is 34.4 Å². The Kier molecular flexibility index (Phi) is 20.7. The molecular weight excluding hydrogens is 516 g/mol. The number of unbranched alkanes of at least 4 members (excludes halogenated alkanes) is 4. The standard InChI is InChI=1S/C27H48O8S2/c1-5-7-15-32-23(28)19-21(36)25(30)34-17-11-9-13-27(3,4)14-10-12-18-35-26(31)22(37)20-24(29)33-16-8-6-2/h21-22,36-37H,5-20H2,1-4H3. The molecule has 0 aliphatic heterocycles. The van der Waals surface area contributed by atoms with Gasteiger partial charge in [-0.25, -0.2) is 0 Å². The van der Waals surface area contributed by atoms with Gasteiger partial charge in [-0.3, -0.25) is 19.2 Å². The molecule has 0 heterocycles. The first-order valence-corrected chi connectivity index (χ1v) is 14.6. The summed E-state index contributed by atoms with van der Waals surface area (Å²) in [5.74, 6) is -1.87. The molecule has 0 aliphatic rings. The highest BCUT2D eigenvalue weighted by Crippen LogP contribution is 2.29. The Morgan fingerprint density at radius 2 is 0.946 bits per heavy atom. The molecule has 0 saturated heterocycles. The molecule has 2 atom stereocenters. The molecule has 2 unspecified atom stereocenters. The van der Waals surface area contributed by atoms with E-state index in [-0.39, 0.29) is 18.3 Å². The summed E-state index contributed by atoms with van der Waals surface area (Å²) < 4.78 is 20.6. The summed E-state index contributed by atoms with van der Waals surface area (Å²) in [5, 5.41) is -1.62. The van der Waals surface area contributed by atoms with Crippen LogP contribution in [-0.2, 0) is 38.1 Å². The highest BCUT2D eigenvalue weighted by atomic mass is 32.1. The van der Waals surface area contributed by atoms with Gasteiger partial charge in [-0.15, -0.1) is 0 Å². The second-order valence-electron chi connectivity index (χ2n) is 10.0. The highest BCUT2D eigenvalue weighted by molar-refractivity contribution is 7.82. The van der Waals surface area contributed by atoms with E-state index in [9.17, 15) is 19.2 Å². The first-order chi connectivity index (χ1) is 17.5. The lowest BCUT2D eigenvalue weighted by atomic mass is 9.82. The van der Waals surface area contributed by atoms with E-state index in [2.05, 4.69) is 39.1 Å². The molecule has 8 nitrogen and oxygen atoms in total. The lowest BCUT2D eigenvalue weighted by Gasteiger charge is -2.24. The van der Waals surface area contributed by atoms with Crippen molar-refractivity contribution in [2.75, 3.05) is 26.4 Å². The summed E-state index contributed by atoms with van der Waals surface area (Å²) in [5.41, 5.74) is 0.108. The Morgan fingerprint density at radius 3 is 1.30 bits per heavy atom. The molecule has 10 heteroatoms. The van der Waals surface area contributed by atoms with Gasteiger partial charge in [-0.05, 0) is 56.8 Å². The van der Waals surface area contributed by atoms with Crippen molar-refractivity contribution >= 4 is 49.1 Å². The van der Waals surface area contributed by atoms with Crippen molar-refractivity contribution in [2.45, 2.75) is 115 Å². The molecule has 0 aromatic carbocycles. The van der Waals surface area contributed by atoms with Crippen molar-refractivity contribution in [3.63, 3.8) is 0 Å². The van der Waals surface area contributed by atoms with Crippen molar-refractivity contribution in [3.8, 4) is 0 Å². The SMILES string of the molecule is CCCCOC(=O)CC(S)C(=O)OCCCCC(C)(C)CCCCOC(=O)C(S)CC(=O)OCCCC. The highest BCUT2D eigenvalue weighted by Gasteiger charge is 2.22. The topological polar surface area (TPSA) is 105 Å². The zero-order valence-corrected chi connectivity index (χ0v) is 24.9. The number of carbonyl (C=O) groups excluding carboxylic acids is 4. The van der Waals surface area contributed by atoms with Crippen LogP contribution in [0, 0.1) is 5.41 Å². The summed E-state index contributed by atoms with van der Waals surface area (Å²) in [6.07, 6.45) is 8.50. The normalized spacial score (nSPS) is 12.9. The van der Waals surface area contributed by atoms with Crippen LogP contribution in [0.4, 0.5) is 0 Å². The van der Waals surface area contributed by atoms with Gasteiger partial charge in [-0.2, -0.15) is 25.3 Å². The van der Waals surface area contributed by atoms with Crippen LogP contribution in [-0.4, -0.2) is 60.8 Å². The molecular formula is C27H48O8S2. The quantitative estimate of drug-likeness (QED) is 0.0768. The molecule has 0 fully saturated rings. The third-order valence-electron chi connectivity index (χ3n) is 5.77. The smallest absolute Gasteiger partial charge is 0.319 e. The molecule has 0 aromatic heterocycles. The number of hydrogen-bond donors (Lipinski definition) is 2. The Labute approximate surface area is 234 Å². The molecule has 0 aromatic rings. The molecule has 0 rings (SSSR count). The Morgan fingerprint density at radius 1 is 0.595 bits per heavy atom. The predicted octanol–water partition coefficient (Wildman–Crippen LogP) is 5.50. The van der Waals surface area contributed by atoms with Gasteiger partial charge >= 0.3 is 23.9 Å². The second-order valence-corrected chi connectivity index (χ2v) is 11.2. The average molecular weight is 565 g/mol. The van der Waals surface area contributed by atoms with E-state index >= 15 is 0 Å². The zero-order chi connectivity index (χ0) is 28.1. The van der Waals surface area contributed by atoms with Crippen molar-refractivity contribution in [1.29, 1.82) is 0 Å². The number of ether oxygens (including phenoxy) is 4. The van der Waals surface area contributed by atoms with Crippen LogP contribution in [0.3, 0.4) is 0 Å². The van der Waals surface area contributed by atoms with Crippen LogP contribution < -0.4 is 0 Å². The second kappa shape index (κ2) is 21.5. The summed E-state index contributed by atoms with van der Waals surface area (Å²) in [4.78, 5) is 47.3. The molecule has 0 aliphatic carbocycles. The van der Waals surface area contributed by atoms with Crippen molar-refractivity contribution in [1.82, 2.24) is 0 Å². The molecule has 0 bridgehead atoms. The van der Waals surface area contributed by atoms with Crippen LogP contribution in [0.15, 0.2) is 0 Å². The van der Waals surface area contributed by atoms with Crippen molar-refractivity contribution in [3.05, 3.63) is 0 Å². The van der Waals surface area contributed by atoms with E-state index in [0.29, 0.717) is 26.4 Å². The van der Waals surface area contributed by atoms with Gasteiger partial charge in [0.2, 0.25) is 0 Å². The summed E-state index contributed by atoms with van der Waals surface area (Å²) in [6, 6.07) is 0. The van der Waals surface area contributed by atoms with E-state index in [0.717, 1.165) is 64.2 Å². The fourth-order valence-electron chi connectivity index (χ4n) is 3.34. The minimum atomic E-state index is -0.808. The van der Waals surface area contributed by atoms with Crippen LogP contribution in [0.1, 0.15) is 105 Å². The summed E-state index contributed by atoms with van der Waals surface area (Å²) >= 11 is 8.32. The van der Waals surface area contributed by atoms with Gasteiger partial charge in [0.05, 0.1) is 39.3 Å². The minimum Gasteiger partial charge on any atom is -0.466 e. The van der Waals surface area contributed by atoms with Gasteiger partial charge in [0.1, 0.15) is 10.5 Å². The Hall–Kier alpha value is -1.42. The Balaban J connectivity index is 3.91. The number of carbonyl (C=O) groups is 4. The van der Waals surface area contributed by atoms with Gasteiger partial charge in [-0.1, -0.05) is 40.5 Å². The number of rotatable bonds is 22. The summed E-state index contributed by atoms with van der Waals surface area (Å²) in [7, 11) is 0. The Bertz CT molecular complexity index is 615. The van der Waals surface area contributed by atoms with E-state index in [1.807, 2.05) is 13.8 Å². The fraction of sp³-hybridized carbons (Fsp3) is 0.852. The molecule has 0 saturated carbocycles. The third kappa shape index (κ3) is 20.2. The van der Waals surface area contributed by atoms with Crippen LogP contribution >= 0.6 is 25.3 Å². The third-order valence-corrected chi connectivity index (χ3v) is 6.56. The predicted molar refractivity (Wildman–Crippen MR) is 150 cm³/mol. The number of hydrogen-bond acceptors (Lipinski definition) is 10. The molecule has 216 valence electrons. The van der Waals surface area contributed by atoms with Gasteiger partial charge in [0.15, 0.2) is 0 Å². The van der Waals surface area contributed by atoms with E-state index in [1.54, 1.807) is 0 Å². The monoisotopic (exact) mass is 564 g/mol. The van der Waals surface area contributed by atoms with Crippen LogP contribution in [0.5, 0.6) is 0 Å². The minimum absolute atomic E-state index is 0.0891. The van der Waals surface area contributed by atoms with Gasteiger partial charge < -0.3 is 18.9 Å².